The zero-order valence-electron chi connectivity index (χ0n) is 11.3. The first-order chi connectivity index (χ1) is 8.97. The summed E-state index contributed by atoms with van der Waals surface area (Å²) >= 11 is 5.90. The number of rotatable bonds is 2. The number of aryl methyl sites for hydroxylation is 3. The summed E-state index contributed by atoms with van der Waals surface area (Å²) in [6.07, 6.45) is 0. The Morgan fingerprint density at radius 1 is 1.00 bits per heavy atom. The second-order valence-electron chi connectivity index (χ2n) is 4.73. The topological polar surface area (TPSA) is 29.1 Å². The fourth-order valence-electron chi connectivity index (χ4n) is 1.94. The number of hydrogen-bond acceptors (Lipinski definition) is 1. The Hall–Kier alpha value is -1.80. The summed E-state index contributed by atoms with van der Waals surface area (Å²) in [5.74, 6) is -0.0911. The molecule has 0 unspecified atom stereocenters. The lowest BCUT2D eigenvalue weighted by Crippen LogP contribution is -2.14. The molecule has 0 aliphatic rings. The minimum atomic E-state index is -0.0911. The van der Waals surface area contributed by atoms with E-state index in [1.807, 2.05) is 51.1 Å². The second-order valence-corrected chi connectivity index (χ2v) is 5.17. The highest BCUT2D eigenvalue weighted by atomic mass is 35.5. The molecule has 0 aliphatic heterocycles. The SMILES string of the molecule is Cc1ccc(C)c(C(=O)Nc2ccc(Cl)cc2C)c1. The number of anilines is 1. The number of nitrogens with one attached hydrogen (secondary N) is 1. The lowest BCUT2D eigenvalue weighted by molar-refractivity contribution is 0.102. The summed E-state index contributed by atoms with van der Waals surface area (Å²) in [6.45, 7) is 5.83. The minimum absolute atomic E-state index is 0.0911. The lowest BCUT2D eigenvalue weighted by atomic mass is 10.0. The predicted molar refractivity (Wildman–Crippen MR) is 80.1 cm³/mol. The maximum Gasteiger partial charge on any atom is 0.255 e. The largest absolute Gasteiger partial charge is 0.322 e. The van der Waals surface area contributed by atoms with Crippen molar-refractivity contribution in [3.05, 3.63) is 63.7 Å². The van der Waals surface area contributed by atoms with Crippen LogP contribution in [0.15, 0.2) is 36.4 Å². The van der Waals surface area contributed by atoms with E-state index >= 15 is 0 Å². The van der Waals surface area contributed by atoms with Crippen LogP contribution in [0.4, 0.5) is 5.69 Å². The molecule has 19 heavy (non-hydrogen) atoms. The van der Waals surface area contributed by atoms with Crippen LogP contribution in [0, 0.1) is 20.8 Å². The Bertz CT molecular complexity index is 635. The maximum absolute atomic E-state index is 12.3. The summed E-state index contributed by atoms with van der Waals surface area (Å²) < 4.78 is 0. The summed E-state index contributed by atoms with van der Waals surface area (Å²) in [7, 11) is 0. The van der Waals surface area contributed by atoms with Gasteiger partial charge in [-0.25, -0.2) is 0 Å². The van der Waals surface area contributed by atoms with Crippen LogP contribution in [0.5, 0.6) is 0 Å². The minimum Gasteiger partial charge on any atom is -0.322 e. The number of carbonyl (C=O) groups is 1. The fraction of sp³-hybridized carbons (Fsp3) is 0.188. The van der Waals surface area contributed by atoms with Crippen molar-refractivity contribution < 1.29 is 4.79 Å². The van der Waals surface area contributed by atoms with Crippen molar-refractivity contribution in [3.63, 3.8) is 0 Å². The molecule has 0 spiro atoms. The van der Waals surface area contributed by atoms with E-state index in [0.717, 1.165) is 22.4 Å². The van der Waals surface area contributed by atoms with E-state index in [0.29, 0.717) is 10.6 Å². The van der Waals surface area contributed by atoms with E-state index in [1.54, 1.807) is 6.07 Å². The van der Waals surface area contributed by atoms with E-state index in [9.17, 15) is 4.79 Å². The van der Waals surface area contributed by atoms with E-state index in [1.165, 1.54) is 0 Å². The van der Waals surface area contributed by atoms with Gasteiger partial charge in [0.05, 0.1) is 0 Å². The molecule has 0 fully saturated rings. The summed E-state index contributed by atoms with van der Waals surface area (Å²) in [6, 6.07) is 11.3. The van der Waals surface area contributed by atoms with Crippen molar-refractivity contribution in [2.24, 2.45) is 0 Å². The highest BCUT2D eigenvalue weighted by Crippen LogP contribution is 2.21. The van der Waals surface area contributed by atoms with Crippen molar-refractivity contribution >= 4 is 23.2 Å². The summed E-state index contributed by atoms with van der Waals surface area (Å²) in [5, 5.41) is 3.59. The molecule has 0 aliphatic carbocycles. The molecule has 0 radical (unpaired) electrons. The zero-order chi connectivity index (χ0) is 14.0. The maximum atomic E-state index is 12.3. The Kier molecular flexibility index (Phi) is 3.91. The Morgan fingerprint density at radius 3 is 2.42 bits per heavy atom. The number of hydrogen-bond donors (Lipinski definition) is 1. The van der Waals surface area contributed by atoms with E-state index in [-0.39, 0.29) is 5.91 Å². The molecule has 1 N–H and O–H groups in total. The van der Waals surface area contributed by atoms with Gasteiger partial charge in [0.25, 0.3) is 5.91 Å². The molecular formula is C16H16ClNO. The molecule has 2 aromatic rings. The van der Waals surface area contributed by atoms with Crippen LogP contribution in [0.3, 0.4) is 0 Å². The smallest absolute Gasteiger partial charge is 0.255 e. The molecule has 0 heterocycles. The quantitative estimate of drug-likeness (QED) is 0.856. The van der Waals surface area contributed by atoms with Crippen molar-refractivity contribution in [3.8, 4) is 0 Å². The van der Waals surface area contributed by atoms with E-state index in [4.69, 9.17) is 11.6 Å². The first kappa shape index (κ1) is 13.6. The van der Waals surface area contributed by atoms with Crippen LogP contribution in [0.2, 0.25) is 5.02 Å². The molecule has 3 heteroatoms. The lowest BCUT2D eigenvalue weighted by Gasteiger charge is -2.11. The first-order valence-corrected chi connectivity index (χ1v) is 6.50. The first-order valence-electron chi connectivity index (χ1n) is 6.12. The molecule has 0 saturated carbocycles. The van der Waals surface area contributed by atoms with Gasteiger partial charge in [-0.1, -0.05) is 29.3 Å². The van der Waals surface area contributed by atoms with Gasteiger partial charge in [0.15, 0.2) is 0 Å². The Labute approximate surface area is 118 Å². The van der Waals surface area contributed by atoms with Crippen LogP contribution in [0.1, 0.15) is 27.0 Å². The van der Waals surface area contributed by atoms with Gasteiger partial charge in [-0.2, -0.15) is 0 Å². The Morgan fingerprint density at radius 2 is 1.74 bits per heavy atom. The average Bonchev–Trinajstić information content (AvgIpc) is 2.35. The molecule has 98 valence electrons. The van der Waals surface area contributed by atoms with Gasteiger partial charge >= 0.3 is 0 Å². The standard InChI is InChI=1S/C16H16ClNO/c1-10-4-5-11(2)14(8-10)16(19)18-15-7-6-13(17)9-12(15)3/h4-9H,1-3H3,(H,18,19). The van der Waals surface area contributed by atoms with Crippen molar-refractivity contribution in [2.45, 2.75) is 20.8 Å². The third kappa shape index (κ3) is 3.15. The number of benzene rings is 2. The molecule has 0 saturated heterocycles. The van der Waals surface area contributed by atoms with Crippen LogP contribution >= 0.6 is 11.6 Å². The van der Waals surface area contributed by atoms with Gasteiger partial charge in [-0.05, 0) is 56.2 Å². The van der Waals surface area contributed by atoms with Crippen LogP contribution in [-0.4, -0.2) is 5.91 Å². The highest BCUT2D eigenvalue weighted by Gasteiger charge is 2.10. The van der Waals surface area contributed by atoms with Crippen LogP contribution < -0.4 is 5.32 Å². The molecule has 1 amide bonds. The van der Waals surface area contributed by atoms with Gasteiger partial charge in [-0.3, -0.25) is 4.79 Å². The molecule has 0 aromatic heterocycles. The molecular weight excluding hydrogens is 258 g/mol. The van der Waals surface area contributed by atoms with Gasteiger partial charge in [0.2, 0.25) is 0 Å². The van der Waals surface area contributed by atoms with Crippen LogP contribution in [-0.2, 0) is 0 Å². The Balaban J connectivity index is 2.28. The van der Waals surface area contributed by atoms with Crippen molar-refractivity contribution in [1.29, 1.82) is 0 Å². The van der Waals surface area contributed by atoms with Crippen molar-refractivity contribution in [2.75, 3.05) is 5.32 Å². The fourth-order valence-corrected chi connectivity index (χ4v) is 2.16. The van der Waals surface area contributed by atoms with Gasteiger partial charge in [-0.15, -0.1) is 0 Å². The molecule has 2 rings (SSSR count). The molecule has 2 nitrogen and oxygen atoms in total. The second kappa shape index (κ2) is 5.45. The predicted octanol–water partition coefficient (Wildman–Crippen LogP) is 4.52. The summed E-state index contributed by atoms with van der Waals surface area (Å²) in [4.78, 5) is 12.3. The number of carbonyl (C=O) groups excluding carboxylic acids is 1. The zero-order valence-corrected chi connectivity index (χ0v) is 12.0. The van der Waals surface area contributed by atoms with Gasteiger partial charge in [0.1, 0.15) is 0 Å². The van der Waals surface area contributed by atoms with Crippen LogP contribution in [0.25, 0.3) is 0 Å². The third-order valence-corrected chi connectivity index (χ3v) is 3.31. The monoisotopic (exact) mass is 273 g/mol. The van der Waals surface area contributed by atoms with Gasteiger partial charge in [0, 0.05) is 16.3 Å². The van der Waals surface area contributed by atoms with Gasteiger partial charge < -0.3 is 5.32 Å². The number of halogens is 1. The molecule has 2 aromatic carbocycles. The third-order valence-electron chi connectivity index (χ3n) is 3.07. The molecule has 0 atom stereocenters. The summed E-state index contributed by atoms with van der Waals surface area (Å²) in [5.41, 5.74) is 4.48. The average molecular weight is 274 g/mol. The number of amides is 1. The van der Waals surface area contributed by atoms with E-state index in [2.05, 4.69) is 5.32 Å². The van der Waals surface area contributed by atoms with Crippen molar-refractivity contribution in [1.82, 2.24) is 0 Å². The highest BCUT2D eigenvalue weighted by molar-refractivity contribution is 6.30. The molecule has 0 bridgehead atoms. The van der Waals surface area contributed by atoms with E-state index < -0.39 is 0 Å². The normalized spacial score (nSPS) is 10.3.